The van der Waals surface area contributed by atoms with Gasteiger partial charge < -0.3 is 19.2 Å². The fraction of sp³-hybridized carbons (Fsp3) is 0.185. The number of carbonyl (C=O) groups is 1. The molecular weight excluding hydrogens is 418 g/mol. The minimum absolute atomic E-state index is 0.0692. The van der Waals surface area contributed by atoms with Crippen LogP contribution in [0.1, 0.15) is 11.1 Å². The maximum Gasteiger partial charge on any atom is 0.336 e. The molecule has 1 atom stereocenters. The standard InChI is InChI=1S/C27H25NO5/c1-18-8-6-7-11-21(18)23-15-26(29)33-24-14-20(12-13-22(23)24)32-25(27(30)28-2)17-31-16-19-9-4-3-5-10-19/h3-15,25H,16-17H2,1-2H3,(H,28,30)/t25-/m0/s1. The van der Waals surface area contributed by atoms with E-state index >= 15 is 0 Å². The molecule has 0 bridgehead atoms. The van der Waals surface area contributed by atoms with Crippen LogP contribution in [0.5, 0.6) is 5.75 Å². The molecule has 6 nitrogen and oxygen atoms in total. The highest BCUT2D eigenvalue weighted by atomic mass is 16.5. The van der Waals surface area contributed by atoms with Gasteiger partial charge in [0.1, 0.15) is 11.3 Å². The average molecular weight is 443 g/mol. The van der Waals surface area contributed by atoms with Crippen LogP contribution in [-0.2, 0) is 16.1 Å². The quantitative estimate of drug-likeness (QED) is 0.406. The van der Waals surface area contributed by atoms with Gasteiger partial charge in [-0.05, 0) is 35.7 Å². The van der Waals surface area contributed by atoms with E-state index in [1.165, 1.54) is 6.07 Å². The summed E-state index contributed by atoms with van der Waals surface area (Å²) < 4.78 is 17.1. The number of carbonyl (C=O) groups excluding carboxylic acids is 1. The van der Waals surface area contributed by atoms with Crippen LogP contribution in [-0.4, -0.2) is 25.7 Å². The van der Waals surface area contributed by atoms with Gasteiger partial charge in [-0.25, -0.2) is 4.79 Å². The molecule has 6 heteroatoms. The highest BCUT2D eigenvalue weighted by Gasteiger charge is 2.20. The molecule has 0 spiro atoms. The van der Waals surface area contributed by atoms with E-state index in [0.29, 0.717) is 17.9 Å². The van der Waals surface area contributed by atoms with Gasteiger partial charge in [-0.2, -0.15) is 0 Å². The number of amides is 1. The number of fused-ring (bicyclic) bond motifs is 1. The van der Waals surface area contributed by atoms with Crippen LogP contribution in [0, 0.1) is 6.92 Å². The van der Waals surface area contributed by atoms with Crippen LogP contribution in [0.25, 0.3) is 22.1 Å². The molecule has 33 heavy (non-hydrogen) atoms. The molecule has 1 aromatic heterocycles. The third kappa shape index (κ3) is 5.30. The van der Waals surface area contributed by atoms with Crippen molar-refractivity contribution in [1.82, 2.24) is 5.32 Å². The van der Waals surface area contributed by atoms with Crippen molar-refractivity contribution in [2.45, 2.75) is 19.6 Å². The summed E-state index contributed by atoms with van der Waals surface area (Å²) in [5, 5.41) is 3.38. The van der Waals surface area contributed by atoms with E-state index in [9.17, 15) is 9.59 Å². The second kappa shape index (κ2) is 10.1. The van der Waals surface area contributed by atoms with Crippen molar-refractivity contribution in [3.63, 3.8) is 0 Å². The lowest BCUT2D eigenvalue weighted by Gasteiger charge is -2.18. The van der Waals surface area contributed by atoms with Crippen LogP contribution >= 0.6 is 0 Å². The van der Waals surface area contributed by atoms with Gasteiger partial charge in [-0.1, -0.05) is 54.6 Å². The summed E-state index contributed by atoms with van der Waals surface area (Å²) in [5.74, 6) is 0.0998. The molecule has 1 amide bonds. The zero-order chi connectivity index (χ0) is 23.2. The lowest BCUT2D eigenvalue weighted by Crippen LogP contribution is -2.39. The maximum atomic E-state index is 12.4. The van der Waals surface area contributed by atoms with Crippen LogP contribution < -0.4 is 15.7 Å². The summed E-state index contributed by atoms with van der Waals surface area (Å²) in [6.45, 7) is 2.43. The fourth-order valence-corrected chi connectivity index (χ4v) is 3.66. The predicted octanol–water partition coefficient (Wildman–Crippen LogP) is 4.48. The normalized spacial score (nSPS) is 11.8. The van der Waals surface area contributed by atoms with Gasteiger partial charge in [0.15, 0.2) is 6.10 Å². The zero-order valence-corrected chi connectivity index (χ0v) is 18.5. The van der Waals surface area contributed by atoms with Crippen molar-refractivity contribution < 1.29 is 18.7 Å². The first-order valence-corrected chi connectivity index (χ1v) is 10.7. The van der Waals surface area contributed by atoms with Crippen molar-refractivity contribution in [2.75, 3.05) is 13.7 Å². The van der Waals surface area contributed by atoms with Gasteiger partial charge in [0.2, 0.25) is 0 Å². The number of benzene rings is 3. The topological polar surface area (TPSA) is 77.8 Å². The van der Waals surface area contributed by atoms with Gasteiger partial charge in [0.25, 0.3) is 5.91 Å². The van der Waals surface area contributed by atoms with E-state index in [0.717, 1.165) is 27.6 Å². The Balaban J connectivity index is 1.58. The van der Waals surface area contributed by atoms with E-state index in [1.807, 2.05) is 67.6 Å². The number of hydrogen-bond donors (Lipinski definition) is 1. The Kier molecular flexibility index (Phi) is 6.86. The molecule has 1 N–H and O–H groups in total. The molecule has 0 aliphatic rings. The Labute approximate surface area is 191 Å². The van der Waals surface area contributed by atoms with Crippen molar-refractivity contribution >= 4 is 16.9 Å². The highest BCUT2D eigenvalue weighted by Crippen LogP contribution is 2.31. The fourth-order valence-electron chi connectivity index (χ4n) is 3.66. The smallest absolute Gasteiger partial charge is 0.336 e. The molecular formula is C27H25NO5. The number of likely N-dealkylation sites (N-methyl/N-ethyl adjacent to an activating group) is 1. The maximum absolute atomic E-state index is 12.4. The van der Waals surface area contributed by atoms with Gasteiger partial charge in [-0.3, -0.25) is 4.79 Å². The molecule has 0 saturated carbocycles. The summed E-state index contributed by atoms with van der Waals surface area (Å²) in [5.41, 5.74) is 3.75. The molecule has 0 aliphatic heterocycles. The van der Waals surface area contributed by atoms with Gasteiger partial charge in [-0.15, -0.1) is 0 Å². The van der Waals surface area contributed by atoms with Crippen molar-refractivity contribution in [1.29, 1.82) is 0 Å². The third-order valence-electron chi connectivity index (χ3n) is 5.35. The minimum atomic E-state index is -0.859. The van der Waals surface area contributed by atoms with Gasteiger partial charge >= 0.3 is 5.63 Å². The van der Waals surface area contributed by atoms with Gasteiger partial charge in [0, 0.05) is 30.1 Å². The molecule has 4 rings (SSSR count). The molecule has 0 aliphatic carbocycles. The molecule has 0 radical (unpaired) electrons. The Morgan fingerprint density at radius 1 is 0.970 bits per heavy atom. The lowest BCUT2D eigenvalue weighted by atomic mass is 9.98. The lowest BCUT2D eigenvalue weighted by molar-refractivity contribution is -0.130. The second-order valence-corrected chi connectivity index (χ2v) is 7.67. The molecule has 0 fully saturated rings. The van der Waals surface area contributed by atoms with E-state index in [4.69, 9.17) is 13.9 Å². The molecule has 168 valence electrons. The van der Waals surface area contributed by atoms with E-state index in [1.54, 1.807) is 19.2 Å². The van der Waals surface area contributed by atoms with Crippen LogP contribution in [0.2, 0.25) is 0 Å². The molecule has 0 saturated heterocycles. The van der Waals surface area contributed by atoms with Crippen LogP contribution in [0.4, 0.5) is 0 Å². The summed E-state index contributed by atoms with van der Waals surface area (Å²) in [7, 11) is 1.55. The van der Waals surface area contributed by atoms with Crippen LogP contribution in [0.15, 0.2) is 88.1 Å². The first-order valence-electron chi connectivity index (χ1n) is 10.7. The highest BCUT2D eigenvalue weighted by molar-refractivity contribution is 5.94. The van der Waals surface area contributed by atoms with Gasteiger partial charge in [0.05, 0.1) is 13.2 Å². The average Bonchev–Trinajstić information content (AvgIpc) is 2.83. The molecule has 4 aromatic rings. The van der Waals surface area contributed by atoms with Crippen molar-refractivity contribution in [3.8, 4) is 16.9 Å². The van der Waals surface area contributed by atoms with E-state index < -0.39 is 11.7 Å². The number of rotatable bonds is 8. The molecule has 0 unspecified atom stereocenters. The number of nitrogens with one attached hydrogen (secondary N) is 1. The molecule has 1 heterocycles. The SMILES string of the molecule is CNC(=O)[C@H](COCc1ccccc1)Oc1ccc2c(-c3ccccc3C)cc(=O)oc2c1. The Hall–Kier alpha value is -3.90. The predicted molar refractivity (Wildman–Crippen MR) is 127 cm³/mol. The summed E-state index contributed by atoms with van der Waals surface area (Å²) in [6.07, 6.45) is -0.859. The van der Waals surface area contributed by atoms with Crippen molar-refractivity contribution in [3.05, 3.63) is 100 Å². The minimum Gasteiger partial charge on any atom is -0.478 e. The zero-order valence-electron chi connectivity index (χ0n) is 18.5. The summed E-state index contributed by atoms with van der Waals surface area (Å²) in [4.78, 5) is 24.6. The van der Waals surface area contributed by atoms with Crippen molar-refractivity contribution in [2.24, 2.45) is 0 Å². The first-order chi connectivity index (χ1) is 16.0. The van der Waals surface area contributed by atoms with Crippen LogP contribution in [0.3, 0.4) is 0 Å². The van der Waals surface area contributed by atoms with E-state index in [-0.39, 0.29) is 12.5 Å². The summed E-state index contributed by atoms with van der Waals surface area (Å²) >= 11 is 0. The third-order valence-corrected chi connectivity index (χ3v) is 5.35. The Morgan fingerprint density at radius 2 is 1.73 bits per heavy atom. The van der Waals surface area contributed by atoms with E-state index in [2.05, 4.69) is 5.32 Å². The number of ether oxygens (including phenoxy) is 2. The largest absolute Gasteiger partial charge is 0.478 e. The number of aryl methyl sites for hydroxylation is 1. The summed E-state index contributed by atoms with van der Waals surface area (Å²) in [6, 6.07) is 24.3. The molecule has 3 aromatic carbocycles. The first kappa shape index (κ1) is 22.3. The number of hydrogen-bond acceptors (Lipinski definition) is 5. The Morgan fingerprint density at radius 3 is 2.48 bits per heavy atom. The Bertz CT molecular complexity index is 1310. The second-order valence-electron chi connectivity index (χ2n) is 7.67. The monoisotopic (exact) mass is 443 g/mol.